The van der Waals surface area contributed by atoms with Crippen LogP contribution >= 0.6 is 0 Å². The number of hydrogen-bond donors (Lipinski definition) is 0. The zero-order valence-corrected chi connectivity index (χ0v) is 15.4. The third kappa shape index (κ3) is 5.97. The average molecular weight is 377 g/mol. The number of rotatable bonds is 11. The molecule has 0 saturated carbocycles. The lowest BCUT2D eigenvalue weighted by molar-refractivity contribution is -0.150. The summed E-state index contributed by atoms with van der Waals surface area (Å²) in [7, 11) is 0. The predicted molar refractivity (Wildman–Crippen MR) is 94.3 cm³/mol. The van der Waals surface area contributed by atoms with E-state index in [4.69, 9.17) is 14.2 Å². The maximum absolute atomic E-state index is 12.2. The molecule has 0 radical (unpaired) electrons. The number of ether oxygens (including phenoxy) is 3. The van der Waals surface area contributed by atoms with Crippen LogP contribution in [0.15, 0.2) is 24.3 Å². The normalized spacial score (nSPS) is 13.2. The Morgan fingerprint density at radius 3 is 2.15 bits per heavy atom. The van der Waals surface area contributed by atoms with E-state index in [1.807, 2.05) is 0 Å². The average Bonchev–Trinajstić information content (AvgIpc) is 2.85. The summed E-state index contributed by atoms with van der Waals surface area (Å²) in [4.78, 5) is 48.3. The molecule has 0 bridgehead atoms. The van der Waals surface area contributed by atoms with Crippen LogP contribution in [0.5, 0.6) is 0 Å². The van der Waals surface area contributed by atoms with Crippen LogP contribution in [0, 0.1) is 0 Å². The Kier molecular flexibility index (Phi) is 7.63. The second-order valence-corrected chi connectivity index (χ2v) is 6.23. The predicted octanol–water partition coefficient (Wildman–Crippen LogP) is 1.23. The Morgan fingerprint density at radius 1 is 0.963 bits per heavy atom. The highest BCUT2D eigenvalue weighted by Gasteiger charge is 2.34. The molecular weight excluding hydrogens is 354 g/mol. The van der Waals surface area contributed by atoms with Crippen molar-refractivity contribution in [1.29, 1.82) is 0 Å². The van der Waals surface area contributed by atoms with E-state index >= 15 is 0 Å². The molecule has 1 heterocycles. The SMILES string of the molecule is CC(C)OC(=O)CC(=O)COCCOCCN1C(=O)c2ccccc2C1=O. The molecule has 1 aliphatic heterocycles. The van der Waals surface area contributed by atoms with Gasteiger partial charge in [0.2, 0.25) is 0 Å². The van der Waals surface area contributed by atoms with Gasteiger partial charge in [0.05, 0.1) is 43.6 Å². The Bertz CT molecular complexity index is 679. The summed E-state index contributed by atoms with van der Waals surface area (Å²) < 4.78 is 15.3. The molecule has 8 nitrogen and oxygen atoms in total. The van der Waals surface area contributed by atoms with Crippen molar-refractivity contribution in [3.8, 4) is 0 Å². The lowest BCUT2D eigenvalue weighted by Gasteiger charge is -2.13. The fourth-order valence-electron chi connectivity index (χ4n) is 2.52. The number of Topliss-reactive ketones (excluding diaryl/α,β-unsaturated/α-hetero) is 1. The standard InChI is InChI=1S/C19H23NO7/c1-13(2)27-17(22)11-14(21)12-26-10-9-25-8-7-20-18(23)15-5-3-4-6-16(15)19(20)24/h3-6,13H,7-12H2,1-2H3. The minimum Gasteiger partial charge on any atom is -0.463 e. The molecule has 0 unspecified atom stereocenters. The molecule has 2 amide bonds. The summed E-state index contributed by atoms with van der Waals surface area (Å²) in [5, 5.41) is 0. The number of fused-ring (bicyclic) bond motifs is 1. The number of hydrogen-bond acceptors (Lipinski definition) is 7. The van der Waals surface area contributed by atoms with E-state index in [2.05, 4.69) is 0 Å². The molecule has 2 rings (SSSR count). The van der Waals surface area contributed by atoms with Crippen molar-refractivity contribution in [3.05, 3.63) is 35.4 Å². The molecule has 8 heteroatoms. The first kappa shape index (κ1) is 20.7. The van der Waals surface area contributed by atoms with Crippen molar-refractivity contribution in [2.24, 2.45) is 0 Å². The fraction of sp³-hybridized carbons (Fsp3) is 0.474. The number of esters is 1. The number of nitrogens with zero attached hydrogens (tertiary/aromatic N) is 1. The summed E-state index contributed by atoms with van der Waals surface area (Å²) in [5.41, 5.74) is 0.806. The summed E-state index contributed by atoms with van der Waals surface area (Å²) >= 11 is 0. The zero-order valence-electron chi connectivity index (χ0n) is 15.4. The van der Waals surface area contributed by atoms with Crippen molar-refractivity contribution in [2.45, 2.75) is 26.4 Å². The van der Waals surface area contributed by atoms with Crippen molar-refractivity contribution < 1.29 is 33.4 Å². The van der Waals surface area contributed by atoms with Crippen LogP contribution < -0.4 is 0 Å². The fourth-order valence-corrected chi connectivity index (χ4v) is 2.52. The van der Waals surface area contributed by atoms with Crippen molar-refractivity contribution in [2.75, 3.05) is 33.0 Å². The van der Waals surface area contributed by atoms with Gasteiger partial charge in [-0.2, -0.15) is 0 Å². The number of carbonyl (C=O) groups is 4. The smallest absolute Gasteiger partial charge is 0.313 e. The van der Waals surface area contributed by atoms with Crippen LogP contribution in [0.2, 0.25) is 0 Å². The van der Waals surface area contributed by atoms with Gasteiger partial charge in [0, 0.05) is 0 Å². The summed E-state index contributed by atoms with van der Waals surface area (Å²) in [6, 6.07) is 6.67. The van der Waals surface area contributed by atoms with Crippen LogP contribution in [0.3, 0.4) is 0 Å². The molecule has 0 spiro atoms. The summed E-state index contributed by atoms with van der Waals surface area (Å²) in [6.45, 7) is 3.89. The molecule has 0 aromatic heterocycles. The number of benzene rings is 1. The second-order valence-electron chi connectivity index (χ2n) is 6.23. The number of carbonyl (C=O) groups excluding carboxylic acids is 4. The van der Waals surface area contributed by atoms with Gasteiger partial charge >= 0.3 is 5.97 Å². The maximum Gasteiger partial charge on any atom is 0.313 e. The third-order valence-corrected chi connectivity index (χ3v) is 3.68. The minimum absolute atomic E-state index is 0.145. The Morgan fingerprint density at radius 2 is 1.56 bits per heavy atom. The lowest BCUT2D eigenvalue weighted by atomic mass is 10.1. The van der Waals surface area contributed by atoms with Crippen LogP contribution in [-0.2, 0) is 23.8 Å². The number of amides is 2. The van der Waals surface area contributed by atoms with Crippen LogP contribution in [-0.4, -0.2) is 67.5 Å². The van der Waals surface area contributed by atoms with E-state index in [-0.39, 0.29) is 63.1 Å². The molecule has 146 valence electrons. The molecule has 27 heavy (non-hydrogen) atoms. The van der Waals surface area contributed by atoms with E-state index in [0.717, 1.165) is 4.90 Å². The van der Waals surface area contributed by atoms with Gasteiger partial charge in [-0.3, -0.25) is 24.1 Å². The van der Waals surface area contributed by atoms with E-state index in [9.17, 15) is 19.2 Å². The first-order valence-corrected chi connectivity index (χ1v) is 8.72. The Balaban J connectivity index is 1.57. The van der Waals surface area contributed by atoms with Gasteiger partial charge < -0.3 is 14.2 Å². The molecule has 0 atom stereocenters. The Labute approximate surface area is 157 Å². The van der Waals surface area contributed by atoms with Gasteiger partial charge in [0.15, 0.2) is 5.78 Å². The zero-order chi connectivity index (χ0) is 19.8. The van der Waals surface area contributed by atoms with Gasteiger partial charge in [0.25, 0.3) is 11.8 Å². The second kappa shape index (κ2) is 9.94. The minimum atomic E-state index is -0.573. The first-order valence-electron chi connectivity index (χ1n) is 8.72. The van der Waals surface area contributed by atoms with Crippen molar-refractivity contribution in [3.63, 3.8) is 0 Å². The first-order chi connectivity index (χ1) is 12.9. The molecule has 0 N–H and O–H groups in total. The van der Waals surface area contributed by atoms with Crippen LogP contribution in [0.25, 0.3) is 0 Å². The third-order valence-electron chi connectivity index (χ3n) is 3.68. The van der Waals surface area contributed by atoms with Gasteiger partial charge in [0.1, 0.15) is 13.0 Å². The highest BCUT2D eigenvalue weighted by molar-refractivity contribution is 6.21. The molecule has 1 aliphatic rings. The van der Waals surface area contributed by atoms with E-state index in [1.165, 1.54) is 0 Å². The molecule has 0 aliphatic carbocycles. The van der Waals surface area contributed by atoms with Gasteiger partial charge in [-0.1, -0.05) is 12.1 Å². The molecule has 0 saturated heterocycles. The Hall–Kier alpha value is -2.58. The highest BCUT2D eigenvalue weighted by atomic mass is 16.5. The van der Waals surface area contributed by atoms with Crippen molar-refractivity contribution >= 4 is 23.6 Å². The quantitative estimate of drug-likeness (QED) is 0.247. The molecule has 0 fully saturated rings. The topological polar surface area (TPSA) is 99.2 Å². The monoisotopic (exact) mass is 377 g/mol. The van der Waals surface area contributed by atoms with Crippen molar-refractivity contribution in [1.82, 2.24) is 4.90 Å². The van der Waals surface area contributed by atoms with E-state index < -0.39 is 5.97 Å². The highest BCUT2D eigenvalue weighted by Crippen LogP contribution is 2.21. The van der Waals surface area contributed by atoms with E-state index in [0.29, 0.717) is 11.1 Å². The number of ketones is 1. The van der Waals surface area contributed by atoms with Crippen LogP contribution in [0.4, 0.5) is 0 Å². The summed E-state index contributed by atoms with van der Waals surface area (Å²) in [5.74, 6) is -1.59. The number of imide groups is 1. The van der Waals surface area contributed by atoms with Gasteiger partial charge in [-0.25, -0.2) is 0 Å². The molecule has 1 aromatic rings. The summed E-state index contributed by atoms with van der Waals surface area (Å²) in [6.07, 6.45) is -0.583. The van der Waals surface area contributed by atoms with E-state index in [1.54, 1.807) is 38.1 Å². The molecular formula is C19H23NO7. The largest absolute Gasteiger partial charge is 0.463 e. The van der Waals surface area contributed by atoms with Gasteiger partial charge in [-0.05, 0) is 26.0 Å². The van der Waals surface area contributed by atoms with Gasteiger partial charge in [-0.15, -0.1) is 0 Å². The van der Waals surface area contributed by atoms with Crippen LogP contribution in [0.1, 0.15) is 41.0 Å². The lowest BCUT2D eigenvalue weighted by Crippen LogP contribution is -2.33. The maximum atomic E-state index is 12.2. The molecule has 1 aromatic carbocycles.